The van der Waals surface area contributed by atoms with Crippen molar-refractivity contribution < 1.29 is 21.6 Å². The average molecular weight is 409 g/mol. The predicted octanol–water partition coefficient (Wildman–Crippen LogP) is 4.36. The van der Waals surface area contributed by atoms with E-state index in [-0.39, 0.29) is 38.2 Å². The molecule has 0 spiro atoms. The van der Waals surface area contributed by atoms with Crippen molar-refractivity contribution in [3.8, 4) is 0 Å². The van der Waals surface area contributed by atoms with Gasteiger partial charge in [0, 0.05) is 4.90 Å². The fraction of sp³-hybridized carbons (Fsp3) is 0.133. The van der Waals surface area contributed by atoms with Crippen LogP contribution in [0.2, 0.25) is 0 Å². The summed E-state index contributed by atoms with van der Waals surface area (Å²) in [5.74, 6) is 0.234. The van der Waals surface area contributed by atoms with E-state index in [1.807, 2.05) is 0 Å². The first-order chi connectivity index (χ1) is 11.6. The molecule has 0 aromatic heterocycles. The zero-order chi connectivity index (χ0) is 18.7. The van der Waals surface area contributed by atoms with Crippen LogP contribution in [0.1, 0.15) is 0 Å². The lowest BCUT2D eigenvalue weighted by atomic mass is 10.3. The van der Waals surface area contributed by atoms with Crippen LogP contribution in [0, 0.1) is 0 Å². The molecule has 0 fully saturated rings. The van der Waals surface area contributed by atoms with Gasteiger partial charge in [-0.25, -0.2) is 13.4 Å². The molecule has 0 aliphatic heterocycles. The van der Waals surface area contributed by atoms with Crippen molar-refractivity contribution in [1.29, 1.82) is 0 Å². The number of nitrogens with zero attached hydrogens (tertiary/aromatic N) is 1. The Morgan fingerprint density at radius 2 is 1.52 bits per heavy atom. The van der Waals surface area contributed by atoms with Crippen LogP contribution in [0.3, 0.4) is 0 Å². The molecule has 0 radical (unpaired) electrons. The summed E-state index contributed by atoms with van der Waals surface area (Å²) < 4.78 is 62.0. The first-order valence-electron chi connectivity index (χ1n) is 6.72. The van der Waals surface area contributed by atoms with E-state index in [9.17, 15) is 21.6 Å². The zero-order valence-corrected chi connectivity index (χ0v) is 14.9. The average Bonchev–Trinajstić information content (AvgIpc) is 2.54. The Morgan fingerprint density at radius 1 is 1.04 bits per heavy atom. The quantitative estimate of drug-likeness (QED) is 0.345. The first kappa shape index (κ1) is 19.6. The normalized spacial score (nSPS) is 13.0. The van der Waals surface area contributed by atoms with E-state index in [0.717, 1.165) is 24.3 Å². The number of amidine groups is 1. The molecule has 2 rings (SSSR count). The third kappa shape index (κ3) is 5.38. The van der Waals surface area contributed by atoms with Crippen molar-refractivity contribution in [3.05, 3.63) is 48.5 Å². The van der Waals surface area contributed by atoms with Gasteiger partial charge in [-0.05, 0) is 60.3 Å². The van der Waals surface area contributed by atoms with Gasteiger partial charge in [0.2, 0.25) is 9.84 Å². The van der Waals surface area contributed by atoms with Gasteiger partial charge in [0.15, 0.2) is 0 Å². The number of sulfone groups is 1. The third-order valence-corrected chi connectivity index (χ3v) is 5.72. The van der Waals surface area contributed by atoms with Crippen LogP contribution in [0.5, 0.6) is 0 Å². The Kier molecular flexibility index (Phi) is 6.02. The molecule has 0 saturated heterocycles. The molecule has 0 saturated carbocycles. The molecule has 4 nitrogen and oxygen atoms in total. The maximum absolute atomic E-state index is 12.5. The van der Waals surface area contributed by atoms with Gasteiger partial charge in [-0.1, -0.05) is 0 Å². The second-order valence-corrected chi connectivity index (χ2v) is 8.11. The van der Waals surface area contributed by atoms with Crippen LogP contribution in [-0.4, -0.2) is 25.6 Å². The van der Waals surface area contributed by atoms with Gasteiger partial charge >= 0.3 is 5.51 Å². The fourth-order valence-electron chi connectivity index (χ4n) is 1.85. The van der Waals surface area contributed by atoms with Crippen LogP contribution < -0.4 is 5.73 Å². The zero-order valence-electron chi connectivity index (χ0n) is 12.5. The van der Waals surface area contributed by atoms with Gasteiger partial charge in [0.25, 0.3) is 0 Å². The van der Waals surface area contributed by atoms with E-state index < -0.39 is 15.3 Å². The number of hydrogen-bond donors (Lipinski definition) is 1. The highest BCUT2D eigenvalue weighted by Gasteiger charge is 2.29. The van der Waals surface area contributed by atoms with E-state index in [2.05, 4.69) is 4.99 Å². The maximum Gasteiger partial charge on any atom is 0.446 e. The van der Waals surface area contributed by atoms with Crippen molar-refractivity contribution >= 4 is 44.7 Å². The van der Waals surface area contributed by atoms with Gasteiger partial charge in [-0.3, -0.25) is 0 Å². The largest absolute Gasteiger partial charge is 0.446 e. The first-order valence-corrected chi connectivity index (χ1v) is 9.55. The van der Waals surface area contributed by atoms with Crippen molar-refractivity contribution in [2.45, 2.75) is 20.2 Å². The van der Waals surface area contributed by atoms with E-state index >= 15 is 0 Å². The number of nitrogens with two attached hydrogens (primary N) is 1. The standard InChI is InChI=1S/C15H12ClF3N2O2S2/c16-9-14(20)21-10-1-5-12(6-2-10)25(22,23)13-7-3-11(4-8-13)24-15(17,18)19/h1-8H,9H2,(H2,20,21). The minimum absolute atomic E-state index is 0.00730. The number of rotatable bonds is 5. The Labute approximate surface area is 151 Å². The molecule has 0 heterocycles. The molecule has 0 aliphatic carbocycles. The van der Waals surface area contributed by atoms with Crippen LogP contribution in [0.25, 0.3) is 0 Å². The van der Waals surface area contributed by atoms with E-state index in [0.29, 0.717) is 5.69 Å². The summed E-state index contributed by atoms with van der Waals surface area (Å²) >= 11 is 5.21. The molecule has 0 bridgehead atoms. The molecule has 2 aromatic carbocycles. The third-order valence-electron chi connectivity index (χ3n) is 2.92. The van der Waals surface area contributed by atoms with E-state index in [1.165, 1.54) is 24.3 Å². The maximum atomic E-state index is 12.5. The molecule has 25 heavy (non-hydrogen) atoms. The number of hydrogen-bond acceptors (Lipinski definition) is 4. The summed E-state index contributed by atoms with van der Waals surface area (Å²) in [6, 6.07) is 10.1. The smallest absolute Gasteiger partial charge is 0.386 e. The summed E-state index contributed by atoms with van der Waals surface area (Å²) in [7, 11) is -3.85. The molecule has 0 unspecified atom stereocenters. The fourth-order valence-corrected chi connectivity index (χ4v) is 3.71. The number of benzene rings is 2. The molecule has 10 heteroatoms. The van der Waals surface area contributed by atoms with Gasteiger partial charge in [0.05, 0.1) is 21.4 Å². The second-order valence-electron chi connectivity index (χ2n) is 4.75. The number of halogens is 4. The molecule has 2 N–H and O–H groups in total. The molecule has 0 atom stereocenters. The molecular weight excluding hydrogens is 397 g/mol. The summed E-state index contributed by atoms with van der Waals surface area (Å²) in [6.07, 6.45) is 0. The summed E-state index contributed by atoms with van der Waals surface area (Å²) in [6.45, 7) is 0. The van der Waals surface area contributed by atoms with Crippen molar-refractivity contribution in [1.82, 2.24) is 0 Å². The molecule has 2 aromatic rings. The topological polar surface area (TPSA) is 72.5 Å². The van der Waals surface area contributed by atoms with Gasteiger partial charge < -0.3 is 5.73 Å². The van der Waals surface area contributed by atoms with E-state index in [1.54, 1.807) is 0 Å². The Bertz CT molecular complexity index is 865. The molecule has 0 amide bonds. The minimum atomic E-state index is -4.43. The monoisotopic (exact) mass is 408 g/mol. The lowest BCUT2D eigenvalue weighted by Crippen LogP contribution is -2.12. The van der Waals surface area contributed by atoms with Gasteiger partial charge in [-0.2, -0.15) is 13.2 Å². The number of thioether (sulfide) groups is 1. The number of aliphatic imine (C=N–C) groups is 1. The highest BCUT2D eigenvalue weighted by atomic mass is 35.5. The van der Waals surface area contributed by atoms with E-state index in [4.69, 9.17) is 17.3 Å². The van der Waals surface area contributed by atoms with Crippen LogP contribution >= 0.6 is 23.4 Å². The minimum Gasteiger partial charge on any atom is -0.386 e. The summed E-state index contributed by atoms with van der Waals surface area (Å²) in [5.41, 5.74) is 1.51. The summed E-state index contributed by atoms with van der Waals surface area (Å²) in [5, 5.41) is 0. The highest BCUT2D eigenvalue weighted by molar-refractivity contribution is 8.00. The number of alkyl halides is 4. The second kappa shape index (κ2) is 7.67. The summed E-state index contributed by atoms with van der Waals surface area (Å²) in [4.78, 5) is 3.78. The van der Waals surface area contributed by atoms with Crippen LogP contribution in [0.4, 0.5) is 18.9 Å². The highest BCUT2D eigenvalue weighted by Crippen LogP contribution is 2.37. The Hall–Kier alpha value is -1.71. The lowest BCUT2D eigenvalue weighted by molar-refractivity contribution is -0.0328. The van der Waals surface area contributed by atoms with Crippen LogP contribution in [0.15, 0.2) is 68.2 Å². The Morgan fingerprint density at radius 3 is 1.96 bits per heavy atom. The predicted molar refractivity (Wildman–Crippen MR) is 92.3 cm³/mol. The molecule has 134 valence electrons. The van der Waals surface area contributed by atoms with Crippen molar-refractivity contribution in [2.24, 2.45) is 10.7 Å². The SMILES string of the molecule is NC(CCl)=Nc1ccc(S(=O)(=O)c2ccc(SC(F)(F)F)cc2)cc1. The van der Waals surface area contributed by atoms with Crippen molar-refractivity contribution in [3.63, 3.8) is 0 Å². The van der Waals surface area contributed by atoms with Gasteiger partial charge in [-0.15, -0.1) is 11.6 Å². The van der Waals surface area contributed by atoms with Crippen molar-refractivity contribution in [2.75, 3.05) is 5.88 Å². The molecule has 0 aliphatic rings. The Balaban J connectivity index is 2.26. The van der Waals surface area contributed by atoms with Gasteiger partial charge in [0.1, 0.15) is 5.84 Å². The lowest BCUT2D eigenvalue weighted by Gasteiger charge is -2.08. The van der Waals surface area contributed by atoms with Crippen LogP contribution in [-0.2, 0) is 9.84 Å². The molecular formula is C15H12ClF3N2O2S2.